The van der Waals surface area contributed by atoms with Crippen LogP contribution in [0.15, 0.2) is 30.5 Å². The van der Waals surface area contributed by atoms with Gasteiger partial charge in [0.15, 0.2) is 0 Å². The quantitative estimate of drug-likeness (QED) is 0.849. The van der Waals surface area contributed by atoms with Crippen molar-refractivity contribution in [3.8, 4) is 11.5 Å². The van der Waals surface area contributed by atoms with Crippen LogP contribution in [-0.4, -0.2) is 36.1 Å². The first kappa shape index (κ1) is 15.1. The summed E-state index contributed by atoms with van der Waals surface area (Å²) in [5, 5.41) is 5.96. The minimum Gasteiger partial charge on any atom is -0.497 e. The number of rotatable bonds is 6. The topological polar surface area (TPSA) is 85.4 Å². The van der Waals surface area contributed by atoms with Crippen LogP contribution in [0.3, 0.4) is 0 Å². The van der Waals surface area contributed by atoms with Crippen LogP contribution >= 0.6 is 0 Å². The molecule has 2 aromatic rings. The molecule has 0 spiro atoms. The van der Waals surface area contributed by atoms with Crippen molar-refractivity contribution in [2.45, 2.75) is 18.9 Å². The Labute approximate surface area is 134 Å². The average molecular weight is 314 g/mol. The second-order valence-corrected chi connectivity index (χ2v) is 5.20. The highest BCUT2D eigenvalue weighted by atomic mass is 16.5. The molecular formula is C16H18N4O3. The third kappa shape index (κ3) is 3.68. The van der Waals surface area contributed by atoms with E-state index in [1.54, 1.807) is 44.7 Å². The fraction of sp³-hybridized carbons (Fsp3) is 0.312. The zero-order valence-electron chi connectivity index (χ0n) is 13.0. The number of methoxy groups -OCH3 is 2. The third-order valence-electron chi connectivity index (χ3n) is 3.45. The van der Waals surface area contributed by atoms with Crippen LogP contribution in [-0.2, 0) is 0 Å². The summed E-state index contributed by atoms with van der Waals surface area (Å²) in [6, 6.07) is 7.23. The first-order valence-corrected chi connectivity index (χ1v) is 7.32. The summed E-state index contributed by atoms with van der Waals surface area (Å²) in [6.45, 7) is 0. The molecule has 1 aliphatic rings. The fourth-order valence-electron chi connectivity index (χ4n) is 2.06. The second kappa shape index (κ2) is 6.51. The van der Waals surface area contributed by atoms with Gasteiger partial charge in [-0.1, -0.05) is 0 Å². The summed E-state index contributed by atoms with van der Waals surface area (Å²) >= 11 is 0. The third-order valence-corrected chi connectivity index (χ3v) is 3.45. The zero-order chi connectivity index (χ0) is 16.2. The number of carbonyl (C=O) groups excluding carboxylic acids is 1. The molecule has 1 aromatic carbocycles. The van der Waals surface area contributed by atoms with Crippen molar-refractivity contribution >= 4 is 17.5 Å². The molecule has 1 fully saturated rings. The highest BCUT2D eigenvalue weighted by Crippen LogP contribution is 2.30. The van der Waals surface area contributed by atoms with E-state index in [0.717, 1.165) is 12.8 Å². The lowest BCUT2D eigenvalue weighted by atomic mass is 10.2. The van der Waals surface area contributed by atoms with Crippen molar-refractivity contribution in [2.24, 2.45) is 0 Å². The Morgan fingerprint density at radius 2 is 2.04 bits per heavy atom. The van der Waals surface area contributed by atoms with Gasteiger partial charge in [-0.3, -0.25) is 4.79 Å². The number of hydrogen-bond acceptors (Lipinski definition) is 6. The Morgan fingerprint density at radius 1 is 1.22 bits per heavy atom. The van der Waals surface area contributed by atoms with Crippen molar-refractivity contribution in [1.29, 1.82) is 0 Å². The molecule has 2 N–H and O–H groups in total. The van der Waals surface area contributed by atoms with E-state index in [1.807, 2.05) is 0 Å². The van der Waals surface area contributed by atoms with Crippen molar-refractivity contribution in [2.75, 3.05) is 19.5 Å². The standard InChI is InChI=1S/C16H18N4O3/c1-22-11-5-6-14(23-2)13(9-11)20-16-17-8-7-12(19-16)15(21)18-10-3-4-10/h5-10H,3-4H2,1-2H3,(H,18,21)(H,17,19,20). The normalized spacial score (nSPS) is 13.3. The van der Waals surface area contributed by atoms with E-state index in [-0.39, 0.29) is 11.9 Å². The first-order chi connectivity index (χ1) is 11.2. The van der Waals surface area contributed by atoms with Gasteiger partial charge in [0.25, 0.3) is 5.91 Å². The first-order valence-electron chi connectivity index (χ1n) is 7.32. The second-order valence-electron chi connectivity index (χ2n) is 5.20. The fourth-order valence-corrected chi connectivity index (χ4v) is 2.06. The molecule has 0 saturated heterocycles. The molecular weight excluding hydrogens is 296 g/mol. The molecule has 1 amide bonds. The van der Waals surface area contributed by atoms with Crippen molar-refractivity contribution in [3.63, 3.8) is 0 Å². The summed E-state index contributed by atoms with van der Waals surface area (Å²) in [4.78, 5) is 20.4. The number of amides is 1. The van der Waals surface area contributed by atoms with Gasteiger partial charge in [-0.25, -0.2) is 9.97 Å². The van der Waals surface area contributed by atoms with E-state index in [0.29, 0.717) is 28.8 Å². The molecule has 0 atom stereocenters. The van der Waals surface area contributed by atoms with E-state index in [4.69, 9.17) is 9.47 Å². The number of benzene rings is 1. The summed E-state index contributed by atoms with van der Waals surface area (Å²) in [6.07, 6.45) is 3.61. The number of carbonyl (C=O) groups is 1. The van der Waals surface area contributed by atoms with Crippen LogP contribution in [0.25, 0.3) is 0 Å². The molecule has 1 aromatic heterocycles. The Balaban J connectivity index is 1.80. The number of ether oxygens (including phenoxy) is 2. The minimum atomic E-state index is -0.185. The van der Waals surface area contributed by atoms with E-state index in [1.165, 1.54) is 0 Å². The monoisotopic (exact) mass is 314 g/mol. The van der Waals surface area contributed by atoms with Gasteiger partial charge in [-0.2, -0.15) is 0 Å². The SMILES string of the molecule is COc1ccc(OC)c(Nc2nccc(C(=O)NC3CC3)n2)c1. The minimum absolute atomic E-state index is 0.185. The van der Waals surface area contributed by atoms with Crippen LogP contribution in [0, 0.1) is 0 Å². The van der Waals surface area contributed by atoms with E-state index in [2.05, 4.69) is 20.6 Å². The Bertz CT molecular complexity index is 716. The number of nitrogens with one attached hydrogen (secondary N) is 2. The van der Waals surface area contributed by atoms with E-state index >= 15 is 0 Å². The van der Waals surface area contributed by atoms with Gasteiger partial charge in [-0.05, 0) is 31.0 Å². The highest BCUT2D eigenvalue weighted by molar-refractivity contribution is 5.92. The molecule has 7 heteroatoms. The maximum absolute atomic E-state index is 12.0. The predicted octanol–water partition coefficient (Wildman–Crippen LogP) is 2.13. The molecule has 1 heterocycles. The smallest absolute Gasteiger partial charge is 0.270 e. The molecule has 0 aliphatic heterocycles. The van der Waals surface area contributed by atoms with Crippen LogP contribution in [0.5, 0.6) is 11.5 Å². The van der Waals surface area contributed by atoms with Gasteiger partial charge in [0.05, 0.1) is 19.9 Å². The lowest BCUT2D eigenvalue weighted by Gasteiger charge is -2.12. The maximum atomic E-state index is 12.0. The van der Waals surface area contributed by atoms with E-state index < -0.39 is 0 Å². The molecule has 3 rings (SSSR count). The summed E-state index contributed by atoms with van der Waals surface area (Å²) < 4.78 is 10.5. The van der Waals surface area contributed by atoms with Crippen LogP contribution in [0.1, 0.15) is 23.3 Å². The van der Waals surface area contributed by atoms with Crippen molar-refractivity contribution in [3.05, 3.63) is 36.2 Å². The lowest BCUT2D eigenvalue weighted by Crippen LogP contribution is -2.26. The summed E-state index contributed by atoms with van der Waals surface area (Å²) in [5.74, 6) is 1.44. The number of hydrogen-bond donors (Lipinski definition) is 2. The van der Waals surface area contributed by atoms with Gasteiger partial charge in [-0.15, -0.1) is 0 Å². The van der Waals surface area contributed by atoms with Gasteiger partial charge >= 0.3 is 0 Å². The van der Waals surface area contributed by atoms with Gasteiger partial charge in [0.1, 0.15) is 17.2 Å². The van der Waals surface area contributed by atoms with Gasteiger partial charge < -0.3 is 20.1 Å². The van der Waals surface area contributed by atoms with Gasteiger partial charge in [0, 0.05) is 18.3 Å². The molecule has 120 valence electrons. The van der Waals surface area contributed by atoms with Crippen molar-refractivity contribution < 1.29 is 14.3 Å². The number of anilines is 2. The van der Waals surface area contributed by atoms with Crippen LogP contribution < -0.4 is 20.1 Å². The molecule has 0 unspecified atom stereocenters. The van der Waals surface area contributed by atoms with Crippen LogP contribution in [0.4, 0.5) is 11.6 Å². The molecule has 1 aliphatic carbocycles. The predicted molar refractivity (Wildman–Crippen MR) is 85.3 cm³/mol. The summed E-state index contributed by atoms with van der Waals surface area (Å²) in [7, 11) is 3.16. The Kier molecular flexibility index (Phi) is 4.27. The molecule has 23 heavy (non-hydrogen) atoms. The Hall–Kier alpha value is -2.83. The van der Waals surface area contributed by atoms with Crippen LogP contribution in [0.2, 0.25) is 0 Å². The molecule has 0 radical (unpaired) electrons. The molecule has 1 saturated carbocycles. The lowest BCUT2D eigenvalue weighted by molar-refractivity contribution is 0.0946. The molecule has 0 bridgehead atoms. The highest BCUT2D eigenvalue weighted by Gasteiger charge is 2.24. The van der Waals surface area contributed by atoms with Crippen molar-refractivity contribution in [1.82, 2.24) is 15.3 Å². The largest absolute Gasteiger partial charge is 0.497 e. The maximum Gasteiger partial charge on any atom is 0.270 e. The van der Waals surface area contributed by atoms with E-state index in [9.17, 15) is 4.79 Å². The number of aromatic nitrogens is 2. The summed E-state index contributed by atoms with van der Waals surface area (Å²) in [5.41, 5.74) is 0.989. The Morgan fingerprint density at radius 3 is 2.74 bits per heavy atom. The molecule has 7 nitrogen and oxygen atoms in total. The zero-order valence-corrected chi connectivity index (χ0v) is 13.0. The average Bonchev–Trinajstić information content (AvgIpc) is 3.39. The van der Waals surface area contributed by atoms with Gasteiger partial charge in [0.2, 0.25) is 5.95 Å². The number of nitrogens with zero attached hydrogens (tertiary/aromatic N) is 2.